The molecule has 0 bridgehead atoms. The molecule has 0 aromatic heterocycles. The third kappa shape index (κ3) is 3.53. The van der Waals surface area contributed by atoms with Crippen LogP contribution in [0.1, 0.15) is 22.8 Å². The van der Waals surface area contributed by atoms with Crippen LogP contribution in [-0.2, 0) is 0 Å². The molecule has 2 aromatic rings. The fraction of sp³-hybridized carbons (Fsp3) is 0.188. The summed E-state index contributed by atoms with van der Waals surface area (Å²) >= 11 is 11.8. The Morgan fingerprint density at radius 3 is 2.30 bits per heavy atom. The average Bonchev–Trinajstić information content (AvgIpc) is 2.43. The predicted octanol–water partition coefficient (Wildman–Crippen LogP) is 4.95. The second-order valence-corrected chi connectivity index (χ2v) is 5.38. The summed E-state index contributed by atoms with van der Waals surface area (Å²) in [7, 11) is 0. The first-order chi connectivity index (χ1) is 9.47. The molecule has 1 atom stereocenters. The topological polar surface area (TPSA) is 26.3 Å². The molecule has 0 radical (unpaired) electrons. The summed E-state index contributed by atoms with van der Waals surface area (Å²) in [6.45, 7) is 3.69. The second kappa shape index (κ2) is 6.29. The van der Waals surface area contributed by atoms with E-state index in [0.717, 1.165) is 5.56 Å². The highest BCUT2D eigenvalue weighted by atomic mass is 35.5. The highest BCUT2D eigenvalue weighted by molar-refractivity contribution is 6.42. The van der Waals surface area contributed by atoms with Crippen LogP contribution in [0.4, 0.5) is 0 Å². The van der Waals surface area contributed by atoms with Gasteiger partial charge in [-0.2, -0.15) is 0 Å². The van der Waals surface area contributed by atoms with Crippen LogP contribution < -0.4 is 4.74 Å². The van der Waals surface area contributed by atoms with Gasteiger partial charge in [-0.3, -0.25) is 4.79 Å². The summed E-state index contributed by atoms with van der Waals surface area (Å²) in [5, 5.41) is 0.857. The number of carbonyl (C=O) groups is 1. The van der Waals surface area contributed by atoms with Gasteiger partial charge in [0.1, 0.15) is 5.75 Å². The molecule has 0 aliphatic heterocycles. The normalized spacial score (nSPS) is 12.0. The third-order valence-corrected chi connectivity index (χ3v) is 3.65. The number of Topliss-reactive ketones (excluding diaryl/α,β-unsaturated/α-hetero) is 1. The van der Waals surface area contributed by atoms with Crippen molar-refractivity contribution in [3.63, 3.8) is 0 Å². The number of halogens is 2. The van der Waals surface area contributed by atoms with Crippen molar-refractivity contribution in [3.05, 3.63) is 63.6 Å². The van der Waals surface area contributed by atoms with Crippen molar-refractivity contribution >= 4 is 29.0 Å². The maximum absolute atomic E-state index is 12.2. The molecule has 0 aliphatic rings. The molecule has 4 heteroatoms. The quantitative estimate of drug-likeness (QED) is 0.747. The molecular weight excluding hydrogens is 295 g/mol. The van der Waals surface area contributed by atoms with E-state index < -0.39 is 6.10 Å². The maximum Gasteiger partial charge on any atom is 0.202 e. The number of rotatable bonds is 4. The number of hydrogen-bond donors (Lipinski definition) is 0. The van der Waals surface area contributed by atoms with Gasteiger partial charge in [0, 0.05) is 11.6 Å². The minimum atomic E-state index is -0.588. The van der Waals surface area contributed by atoms with E-state index >= 15 is 0 Å². The smallest absolute Gasteiger partial charge is 0.202 e. The van der Waals surface area contributed by atoms with Gasteiger partial charge in [-0.25, -0.2) is 0 Å². The fourth-order valence-corrected chi connectivity index (χ4v) is 2.05. The molecule has 0 N–H and O–H groups in total. The van der Waals surface area contributed by atoms with Crippen molar-refractivity contribution in [1.82, 2.24) is 0 Å². The molecule has 0 heterocycles. The first-order valence-corrected chi connectivity index (χ1v) is 6.95. The van der Waals surface area contributed by atoms with E-state index in [1.807, 2.05) is 19.1 Å². The standard InChI is InChI=1S/C16H14Cl2O2/c1-10-3-5-12(6-4-10)16(19)11(2)20-13-7-8-14(17)15(18)9-13/h3-9,11H,1-2H3. The van der Waals surface area contributed by atoms with Gasteiger partial charge < -0.3 is 4.74 Å². The van der Waals surface area contributed by atoms with Crippen molar-refractivity contribution in [2.24, 2.45) is 0 Å². The Balaban J connectivity index is 2.11. The van der Waals surface area contributed by atoms with Gasteiger partial charge >= 0.3 is 0 Å². The lowest BCUT2D eigenvalue weighted by Crippen LogP contribution is -2.23. The lowest BCUT2D eigenvalue weighted by Gasteiger charge is -2.14. The Labute approximate surface area is 128 Å². The largest absolute Gasteiger partial charge is 0.483 e. The Bertz CT molecular complexity index is 621. The molecular formula is C16H14Cl2O2. The Kier molecular flexibility index (Phi) is 4.69. The fourth-order valence-electron chi connectivity index (χ4n) is 1.76. The van der Waals surface area contributed by atoms with Gasteiger partial charge in [-0.05, 0) is 26.0 Å². The number of ether oxygens (including phenoxy) is 1. The van der Waals surface area contributed by atoms with Crippen LogP contribution in [0.25, 0.3) is 0 Å². The molecule has 2 rings (SSSR count). The summed E-state index contributed by atoms with van der Waals surface area (Å²) in [6, 6.07) is 12.3. The maximum atomic E-state index is 12.2. The molecule has 0 aliphatic carbocycles. The predicted molar refractivity (Wildman–Crippen MR) is 82.1 cm³/mol. The Morgan fingerprint density at radius 2 is 1.70 bits per heavy atom. The lowest BCUT2D eigenvalue weighted by molar-refractivity contribution is 0.0818. The van der Waals surface area contributed by atoms with Crippen LogP contribution in [0.3, 0.4) is 0 Å². The van der Waals surface area contributed by atoms with Crippen LogP contribution >= 0.6 is 23.2 Å². The van der Waals surface area contributed by atoms with Crippen LogP contribution in [0.5, 0.6) is 5.75 Å². The third-order valence-electron chi connectivity index (χ3n) is 2.91. The molecule has 0 amide bonds. The van der Waals surface area contributed by atoms with Crippen LogP contribution in [0.2, 0.25) is 10.0 Å². The van der Waals surface area contributed by atoms with E-state index in [2.05, 4.69) is 0 Å². The van der Waals surface area contributed by atoms with Gasteiger partial charge in [0.2, 0.25) is 5.78 Å². The zero-order valence-electron chi connectivity index (χ0n) is 11.2. The van der Waals surface area contributed by atoms with Crippen molar-refractivity contribution in [2.75, 3.05) is 0 Å². The van der Waals surface area contributed by atoms with Gasteiger partial charge in [0.15, 0.2) is 6.10 Å². The molecule has 0 saturated heterocycles. The van der Waals surface area contributed by atoms with E-state index in [-0.39, 0.29) is 5.78 Å². The lowest BCUT2D eigenvalue weighted by atomic mass is 10.1. The monoisotopic (exact) mass is 308 g/mol. The summed E-state index contributed by atoms with van der Waals surface area (Å²) in [4.78, 5) is 12.2. The highest BCUT2D eigenvalue weighted by Crippen LogP contribution is 2.27. The summed E-state index contributed by atoms with van der Waals surface area (Å²) < 4.78 is 5.60. The van der Waals surface area contributed by atoms with Crippen LogP contribution in [0, 0.1) is 6.92 Å². The van der Waals surface area contributed by atoms with Gasteiger partial charge in [-0.1, -0.05) is 53.0 Å². The van der Waals surface area contributed by atoms with E-state index in [1.54, 1.807) is 37.3 Å². The molecule has 1 unspecified atom stereocenters. The van der Waals surface area contributed by atoms with Gasteiger partial charge in [0.25, 0.3) is 0 Å². The molecule has 2 nitrogen and oxygen atoms in total. The Morgan fingerprint density at radius 1 is 1.05 bits per heavy atom. The van der Waals surface area contributed by atoms with E-state index in [0.29, 0.717) is 21.4 Å². The second-order valence-electron chi connectivity index (χ2n) is 4.57. The van der Waals surface area contributed by atoms with Crippen molar-refractivity contribution < 1.29 is 9.53 Å². The summed E-state index contributed by atoms with van der Waals surface area (Å²) in [6.07, 6.45) is -0.588. The number of aryl methyl sites for hydroxylation is 1. The van der Waals surface area contributed by atoms with Crippen LogP contribution in [0.15, 0.2) is 42.5 Å². The van der Waals surface area contributed by atoms with Crippen molar-refractivity contribution in [3.8, 4) is 5.75 Å². The first kappa shape index (κ1) is 14.9. The van der Waals surface area contributed by atoms with E-state index in [9.17, 15) is 4.79 Å². The van der Waals surface area contributed by atoms with E-state index in [1.165, 1.54) is 0 Å². The molecule has 2 aromatic carbocycles. The number of carbonyl (C=O) groups excluding carboxylic acids is 1. The molecule has 0 fully saturated rings. The summed E-state index contributed by atoms with van der Waals surface area (Å²) in [5.74, 6) is 0.448. The zero-order valence-corrected chi connectivity index (χ0v) is 12.7. The number of ketones is 1. The van der Waals surface area contributed by atoms with Gasteiger partial charge in [-0.15, -0.1) is 0 Å². The SMILES string of the molecule is Cc1ccc(C(=O)C(C)Oc2ccc(Cl)c(Cl)c2)cc1. The Hall–Kier alpha value is -1.51. The highest BCUT2D eigenvalue weighted by Gasteiger charge is 2.17. The number of hydrogen-bond acceptors (Lipinski definition) is 2. The minimum absolute atomic E-state index is 0.0731. The molecule has 0 saturated carbocycles. The van der Waals surface area contributed by atoms with Crippen molar-refractivity contribution in [2.45, 2.75) is 20.0 Å². The minimum Gasteiger partial charge on any atom is -0.483 e. The molecule has 104 valence electrons. The zero-order chi connectivity index (χ0) is 14.7. The van der Waals surface area contributed by atoms with Gasteiger partial charge in [0.05, 0.1) is 10.0 Å². The molecule has 0 spiro atoms. The molecule has 20 heavy (non-hydrogen) atoms. The van der Waals surface area contributed by atoms with Crippen molar-refractivity contribution in [1.29, 1.82) is 0 Å². The number of benzene rings is 2. The van der Waals surface area contributed by atoms with E-state index in [4.69, 9.17) is 27.9 Å². The van der Waals surface area contributed by atoms with Crippen LogP contribution in [-0.4, -0.2) is 11.9 Å². The summed E-state index contributed by atoms with van der Waals surface area (Å²) in [5.41, 5.74) is 1.74. The average molecular weight is 309 g/mol. The first-order valence-electron chi connectivity index (χ1n) is 6.20.